The van der Waals surface area contributed by atoms with Crippen molar-refractivity contribution in [2.45, 2.75) is 45.9 Å². The third-order valence-electron chi connectivity index (χ3n) is 5.65. The molecule has 0 radical (unpaired) electrons. The lowest BCUT2D eigenvalue weighted by Gasteiger charge is -2.18. The molecule has 0 amide bonds. The van der Waals surface area contributed by atoms with Crippen LogP contribution in [0.25, 0.3) is 22.0 Å². The average molecular weight is 390 g/mol. The van der Waals surface area contributed by atoms with Gasteiger partial charge in [-0.3, -0.25) is 9.78 Å². The molecule has 0 N–H and O–H groups in total. The number of rotatable bonds is 3. The van der Waals surface area contributed by atoms with Gasteiger partial charge in [0.25, 0.3) is 0 Å². The number of fused-ring (bicyclic) bond motifs is 5. The monoisotopic (exact) mass is 390 g/mol. The van der Waals surface area contributed by atoms with Gasteiger partial charge in [-0.1, -0.05) is 6.07 Å². The summed E-state index contributed by atoms with van der Waals surface area (Å²) in [4.78, 5) is 30.0. The van der Waals surface area contributed by atoms with Crippen LogP contribution in [-0.4, -0.2) is 22.1 Å². The number of hydrogen-bond acceptors (Lipinski definition) is 5. The highest BCUT2D eigenvalue weighted by molar-refractivity contribution is 5.96. The molecule has 0 saturated heterocycles. The Kier molecular flexibility index (Phi) is 4.24. The molecule has 1 aliphatic carbocycles. The molecular weight excluding hydrogens is 368 g/mol. The van der Waals surface area contributed by atoms with Crippen molar-refractivity contribution < 1.29 is 14.3 Å². The van der Waals surface area contributed by atoms with Crippen molar-refractivity contribution in [3.63, 3.8) is 0 Å². The molecule has 0 bridgehead atoms. The van der Waals surface area contributed by atoms with Crippen LogP contribution in [-0.2, 0) is 22.7 Å². The van der Waals surface area contributed by atoms with Gasteiger partial charge in [0.05, 0.1) is 25.3 Å². The van der Waals surface area contributed by atoms with Crippen molar-refractivity contribution in [3.8, 4) is 11.1 Å². The van der Waals surface area contributed by atoms with E-state index in [0.29, 0.717) is 18.6 Å². The molecule has 2 aliphatic rings. The Morgan fingerprint density at radius 3 is 2.86 bits per heavy atom. The number of aromatic nitrogens is 2. The summed E-state index contributed by atoms with van der Waals surface area (Å²) in [7, 11) is 0. The zero-order valence-corrected chi connectivity index (χ0v) is 16.5. The van der Waals surface area contributed by atoms with Crippen LogP contribution < -0.4 is 5.43 Å². The first kappa shape index (κ1) is 18.1. The van der Waals surface area contributed by atoms with Crippen molar-refractivity contribution in [3.05, 3.63) is 63.2 Å². The molecule has 1 aromatic carbocycles. The molecule has 3 aromatic rings. The van der Waals surface area contributed by atoms with Gasteiger partial charge < -0.3 is 14.0 Å². The van der Waals surface area contributed by atoms with E-state index in [9.17, 15) is 9.59 Å². The number of esters is 1. The van der Waals surface area contributed by atoms with Crippen molar-refractivity contribution in [2.24, 2.45) is 0 Å². The molecule has 6 heteroatoms. The summed E-state index contributed by atoms with van der Waals surface area (Å²) in [6, 6.07) is 6.12. The standard InChI is InChI=1S/C23H22N2O4/c1-3-29-23(27)19-10-25(15-4-5-15)21-17(22(19)26)7-6-16-18-9-24-13(2)8-14(18)11-28-12-20(16)21/h6-10,15H,3-5,11-12H2,1-2H3. The number of hydrogen-bond donors (Lipinski definition) is 0. The summed E-state index contributed by atoms with van der Waals surface area (Å²) in [6.45, 7) is 4.85. The van der Waals surface area contributed by atoms with Gasteiger partial charge in [-0.2, -0.15) is 0 Å². The topological polar surface area (TPSA) is 70.4 Å². The van der Waals surface area contributed by atoms with Crippen LogP contribution in [0.2, 0.25) is 0 Å². The molecule has 0 unspecified atom stereocenters. The Morgan fingerprint density at radius 1 is 1.28 bits per heavy atom. The van der Waals surface area contributed by atoms with E-state index in [1.165, 1.54) is 0 Å². The second kappa shape index (κ2) is 6.81. The smallest absolute Gasteiger partial charge is 0.343 e. The summed E-state index contributed by atoms with van der Waals surface area (Å²) >= 11 is 0. The fourth-order valence-electron chi connectivity index (χ4n) is 4.16. The van der Waals surface area contributed by atoms with E-state index in [1.807, 2.05) is 31.3 Å². The summed E-state index contributed by atoms with van der Waals surface area (Å²) in [6.07, 6.45) is 5.63. The minimum atomic E-state index is -0.565. The van der Waals surface area contributed by atoms with Crippen LogP contribution in [0.5, 0.6) is 0 Å². The molecule has 148 valence electrons. The van der Waals surface area contributed by atoms with E-state index in [1.54, 1.807) is 13.1 Å². The first-order valence-electron chi connectivity index (χ1n) is 10.00. The molecule has 5 rings (SSSR count). The Labute approximate surface area is 168 Å². The van der Waals surface area contributed by atoms with E-state index in [-0.39, 0.29) is 23.6 Å². The van der Waals surface area contributed by atoms with Crippen LogP contribution in [0.15, 0.2) is 35.4 Å². The number of carbonyl (C=O) groups is 1. The van der Waals surface area contributed by atoms with E-state index < -0.39 is 5.97 Å². The van der Waals surface area contributed by atoms with Crippen LogP contribution in [0.1, 0.15) is 53.0 Å². The second-order valence-electron chi connectivity index (χ2n) is 7.69. The largest absolute Gasteiger partial charge is 0.462 e. The van der Waals surface area contributed by atoms with Gasteiger partial charge in [-0.15, -0.1) is 0 Å². The molecule has 1 saturated carbocycles. The molecule has 1 aliphatic heterocycles. The summed E-state index contributed by atoms with van der Waals surface area (Å²) in [5.41, 5.74) is 5.76. The Morgan fingerprint density at radius 2 is 2.10 bits per heavy atom. The minimum absolute atomic E-state index is 0.0958. The lowest BCUT2D eigenvalue weighted by Crippen LogP contribution is -2.21. The highest BCUT2D eigenvalue weighted by Gasteiger charge is 2.29. The first-order valence-corrected chi connectivity index (χ1v) is 10.00. The first-order chi connectivity index (χ1) is 14.1. The van der Waals surface area contributed by atoms with Crippen LogP contribution in [0.4, 0.5) is 0 Å². The van der Waals surface area contributed by atoms with Crippen molar-refractivity contribution in [2.75, 3.05) is 6.61 Å². The van der Waals surface area contributed by atoms with Gasteiger partial charge in [-0.25, -0.2) is 4.79 Å². The third-order valence-corrected chi connectivity index (χ3v) is 5.65. The Balaban J connectivity index is 1.82. The maximum atomic E-state index is 13.1. The fraction of sp³-hybridized carbons (Fsp3) is 0.348. The van der Waals surface area contributed by atoms with E-state index >= 15 is 0 Å². The van der Waals surface area contributed by atoms with Crippen molar-refractivity contribution in [1.29, 1.82) is 0 Å². The maximum Gasteiger partial charge on any atom is 0.343 e. The maximum absolute atomic E-state index is 13.1. The van der Waals surface area contributed by atoms with Crippen molar-refractivity contribution in [1.82, 2.24) is 9.55 Å². The number of carbonyl (C=O) groups excluding carboxylic acids is 1. The second-order valence-corrected chi connectivity index (χ2v) is 7.69. The molecule has 3 heterocycles. The normalized spacial score (nSPS) is 15.5. The van der Waals surface area contributed by atoms with Gasteiger partial charge >= 0.3 is 5.97 Å². The minimum Gasteiger partial charge on any atom is -0.462 e. The third kappa shape index (κ3) is 2.95. The molecule has 0 spiro atoms. The van der Waals surface area contributed by atoms with E-state index in [4.69, 9.17) is 9.47 Å². The summed E-state index contributed by atoms with van der Waals surface area (Å²) < 4.78 is 13.2. The van der Waals surface area contributed by atoms with Gasteiger partial charge in [0.15, 0.2) is 0 Å². The van der Waals surface area contributed by atoms with Crippen LogP contribution in [0.3, 0.4) is 0 Å². The molecule has 2 aromatic heterocycles. The van der Waals surface area contributed by atoms with Crippen LogP contribution >= 0.6 is 0 Å². The highest BCUT2D eigenvalue weighted by Crippen LogP contribution is 2.41. The van der Waals surface area contributed by atoms with Crippen LogP contribution in [0, 0.1) is 6.92 Å². The molecule has 1 fully saturated rings. The Hall–Kier alpha value is -2.99. The van der Waals surface area contributed by atoms with Gasteiger partial charge in [0.1, 0.15) is 5.56 Å². The highest BCUT2D eigenvalue weighted by atomic mass is 16.5. The number of benzene rings is 1. The van der Waals surface area contributed by atoms with Gasteiger partial charge in [0, 0.05) is 40.6 Å². The predicted molar refractivity (Wildman–Crippen MR) is 109 cm³/mol. The zero-order valence-electron chi connectivity index (χ0n) is 16.5. The number of nitrogens with zero attached hydrogens (tertiary/aromatic N) is 2. The number of ether oxygens (including phenoxy) is 2. The van der Waals surface area contributed by atoms with Gasteiger partial charge in [0.2, 0.25) is 5.43 Å². The fourth-order valence-corrected chi connectivity index (χ4v) is 4.16. The lowest BCUT2D eigenvalue weighted by molar-refractivity contribution is 0.0524. The summed E-state index contributed by atoms with van der Waals surface area (Å²) in [5.74, 6) is -0.565. The molecular formula is C23H22N2O4. The Bertz CT molecular complexity index is 1210. The van der Waals surface area contributed by atoms with Gasteiger partial charge in [-0.05, 0) is 49.9 Å². The number of pyridine rings is 2. The lowest BCUT2D eigenvalue weighted by atomic mass is 9.95. The molecule has 6 nitrogen and oxygen atoms in total. The summed E-state index contributed by atoms with van der Waals surface area (Å²) in [5, 5.41) is 0.535. The van der Waals surface area contributed by atoms with E-state index in [0.717, 1.165) is 46.3 Å². The zero-order chi connectivity index (χ0) is 20.1. The quantitative estimate of drug-likeness (QED) is 0.634. The average Bonchev–Trinajstić information content (AvgIpc) is 3.54. The number of aryl methyl sites for hydroxylation is 1. The van der Waals surface area contributed by atoms with Crippen molar-refractivity contribution >= 4 is 16.9 Å². The molecule has 0 atom stereocenters. The predicted octanol–water partition coefficient (Wildman–Crippen LogP) is 3.91. The SMILES string of the molecule is CCOC(=O)c1cn(C2CC2)c2c3c(ccc2c1=O)-c1cnc(C)cc1COC3. The molecule has 29 heavy (non-hydrogen) atoms. The van der Waals surface area contributed by atoms with E-state index in [2.05, 4.69) is 9.55 Å².